The van der Waals surface area contributed by atoms with Crippen LogP contribution in [0, 0.1) is 0 Å². The maximum absolute atomic E-state index is 12.2. The lowest BCUT2D eigenvalue weighted by atomic mass is 9.90. The number of carbonyl (C=O) groups excluding carboxylic acids is 1. The second-order valence-corrected chi connectivity index (χ2v) is 5.46. The van der Waals surface area contributed by atoms with E-state index in [-0.39, 0.29) is 6.03 Å². The van der Waals surface area contributed by atoms with Crippen molar-refractivity contribution in [2.75, 3.05) is 38.1 Å². The molecule has 1 aromatic carbocycles. The molecule has 0 radical (unpaired) electrons. The van der Waals surface area contributed by atoms with E-state index in [0.717, 1.165) is 31.9 Å². The van der Waals surface area contributed by atoms with Crippen molar-refractivity contribution in [3.8, 4) is 0 Å². The molecule has 2 aliphatic heterocycles. The van der Waals surface area contributed by atoms with Gasteiger partial charge in [0.2, 0.25) is 0 Å². The number of carbonyl (C=O) groups is 1. The Morgan fingerprint density at radius 3 is 2.79 bits per heavy atom. The molecular weight excluding hydrogens is 238 g/mol. The van der Waals surface area contributed by atoms with Gasteiger partial charge in [0.25, 0.3) is 0 Å². The Hall–Kier alpha value is -1.55. The Kier molecular flexibility index (Phi) is 3.42. The van der Waals surface area contributed by atoms with Gasteiger partial charge in [0, 0.05) is 32.4 Å². The standard InChI is InChI=1S/C15H21N3O/c1-17-9-10-18(15(17)19)14-7-3-2-6-13(14)12-5-4-8-16-11-12/h2-3,6-7,12,16H,4-5,8-11H2,1H3. The third kappa shape index (κ3) is 2.32. The first-order valence-electron chi connectivity index (χ1n) is 7.09. The van der Waals surface area contributed by atoms with Crippen LogP contribution in [0.2, 0.25) is 0 Å². The predicted molar refractivity (Wildman–Crippen MR) is 76.7 cm³/mol. The topological polar surface area (TPSA) is 35.6 Å². The smallest absolute Gasteiger partial charge is 0.324 e. The van der Waals surface area contributed by atoms with Crippen LogP contribution >= 0.6 is 0 Å². The summed E-state index contributed by atoms with van der Waals surface area (Å²) < 4.78 is 0. The van der Waals surface area contributed by atoms with Crippen LogP contribution in [0.3, 0.4) is 0 Å². The van der Waals surface area contributed by atoms with Gasteiger partial charge < -0.3 is 10.2 Å². The summed E-state index contributed by atoms with van der Waals surface area (Å²) in [6, 6.07) is 8.49. The first-order chi connectivity index (χ1) is 9.27. The van der Waals surface area contributed by atoms with Gasteiger partial charge in [-0.1, -0.05) is 18.2 Å². The van der Waals surface area contributed by atoms with Crippen molar-refractivity contribution < 1.29 is 4.79 Å². The van der Waals surface area contributed by atoms with Crippen LogP contribution in [-0.4, -0.2) is 44.2 Å². The molecule has 0 aromatic heterocycles. The van der Waals surface area contributed by atoms with Crippen LogP contribution in [-0.2, 0) is 0 Å². The van der Waals surface area contributed by atoms with E-state index in [1.807, 2.05) is 18.0 Å². The third-order valence-corrected chi connectivity index (χ3v) is 4.18. The largest absolute Gasteiger partial charge is 0.326 e. The number of rotatable bonds is 2. The molecule has 1 atom stereocenters. The molecule has 2 fully saturated rings. The Balaban J connectivity index is 1.91. The van der Waals surface area contributed by atoms with Crippen molar-refractivity contribution in [2.24, 2.45) is 0 Å². The van der Waals surface area contributed by atoms with Gasteiger partial charge in [-0.2, -0.15) is 0 Å². The zero-order valence-electron chi connectivity index (χ0n) is 11.4. The molecule has 0 spiro atoms. The Morgan fingerprint density at radius 2 is 2.11 bits per heavy atom. The van der Waals surface area contributed by atoms with Crippen molar-refractivity contribution >= 4 is 11.7 Å². The van der Waals surface area contributed by atoms with Crippen LogP contribution in [0.25, 0.3) is 0 Å². The van der Waals surface area contributed by atoms with Gasteiger partial charge in [0.15, 0.2) is 0 Å². The molecule has 0 aliphatic carbocycles. The number of hydrogen-bond donors (Lipinski definition) is 1. The number of anilines is 1. The molecule has 0 saturated carbocycles. The van der Waals surface area contributed by atoms with Crippen molar-refractivity contribution in [2.45, 2.75) is 18.8 Å². The molecule has 3 rings (SSSR count). The number of nitrogens with zero attached hydrogens (tertiary/aromatic N) is 2. The predicted octanol–water partition coefficient (Wildman–Crippen LogP) is 2.03. The SMILES string of the molecule is CN1CCN(c2ccccc2C2CCCNC2)C1=O. The molecule has 4 nitrogen and oxygen atoms in total. The van der Waals surface area contributed by atoms with Gasteiger partial charge in [-0.3, -0.25) is 4.90 Å². The van der Waals surface area contributed by atoms with Gasteiger partial charge in [-0.15, -0.1) is 0 Å². The number of likely N-dealkylation sites (N-methyl/N-ethyl adjacent to an activating group) is 1. The second kappa shape index (κ2) is 5.21. The van der Waals surface area contributed by atoms with Crippen LogP contribution < -0.4 is 10.2 Å². The number of urea groups is 1. The van der Waals surface area contributed by atoms with E-state index < -0.39 is 0 Å². The van der Waals surface area contributed by atoms with E-state index in [4.69, 9.17) is 0 Å². The van der Waals surface area contributed by atoms with Gasteiger partial charge >= 0.3 is 6.03 Å². The van der Waals surface area contributed by atoms with Crippen LogP contribution in [0.5, 0.6) is 0 Å². The monoisotopic (exact) mass is 259 g/mol. The fourth-order valence-corrected chi connectivity index (χ4v) is 3.07. The van der Waals surface area contributed by atoms with E-state index in [0.29, 0.717) is 5.92 Å². The summed E-state index contributed by atoms with van der Waals surface area (Å²) >= 11 is 0. The van der Waals surface area contributed by atoms with Crippen molar-refractivity contribution in [3.05, 3.63) is 29.8 Å². The van der Waals surface area contributed by atoms with Crippen LogP contribution in [0.4, 0.5) is 10.5 Å². The summed E-state index contributed by atoms with van der Waals surface area (Å²) in [7, 11) is 1.87. The number of amides is 2. The van der Waals surface area contributed by atoms with Gasteiger partial charge in [-0.05, 0) is 36.9 Å². The fourth-order valence-electron chi connectivity index (χ4n) is 3.07. The highest BCUT2D eigenvalue weighted by Crippen LogP contribution is 2.33. The number of para-hydroxylation sites is 1. The molecule has 102 valence electrons. The fraction of sp³-hybridized carbons (Fsp3) is 0.533. The zero-order chi connectivity index (χ0) is 13.2. The van der Waals surface area contributed by atoms with E-state index >= 15 is 0 Å². The summed E-state index contributed by atoms with van der Waals surface area (Å²) in [5.74, 6) is 0.531. The van der Waals surface area contributed by atoms with E-state index in [2.05, 4.69) is 23.5 Å². The highest BCUT2D eigenvalue weighted by Gasteiger charge is 2.29. The summed E-state index contributed by atoms with van der Waals surface area (Å²) in [6.45, 7) is 3.75. The molecular formula is C15H21N3O. The number of benzene rings is 1. The summed E-state index contributed by atoms with van der Waals surface area (Å²) in [4.78, 5) is 15.9. The first kappa shape index (κ1) is 12.5. The lowest BCUT2D eigenvalue weighted by Gasteiger charge is -2.28. The van der Waals surface area contributed by atoms with Gasteiger partial charge in [0.05, 0.1) is 0 Å². The maximum Gasteiger partial charge on any atom is 0.324 e. The lowest BCUT2D eigenvalue weighted by molar-refractivity contribution is 0.229. The minimum absolute atomic E-state index is 0.121. The Bertz CT molecular complexity index is 468. The van der Waals surface area contributed by atoms with E-state index in [9.17, 15) is 4.79 Å². The minimum Gasteiger partial charge on any atom is -0.326 e. The number of nitrogens with one attached hydrogen (secondary N) is 1. The molecule has 19 heavy (non-hydrogen) atoms. The molecule has 1 unspecified atom stereocenters. The van der Waals surface area contributed by atoms with E-state index in [1.54, 1.807) is 4.90 Å². The van der Waals surface area contributed by atoms with Crippen molar-refractivity contribution in [1.82, 2.24) is 10.2 Å². The van der Waals surface area contributed by atoms with E-state index in [1.165, 1.54) is 18.4 Å². The molecule has 2 amide bonds. The maximum atomic E-state index is 12.2. The van der Waals surface area contributed by atoms with Crippen molar-refractivity contribution in [3.63, 3.8) is 0 Å². The highest BCUT2D eigenvalue weighted by atomic mass is 16.2. The third-order valence-electron chi connectivity index (χ3n) is 4.18. The molecule has 2 aliphatic rings. The average molecular weight is 259 g/mol. The summed E-state index contributed by atoms with van der Waals surface area (Å²) in [6.07, 6.45) is 2.43. The molecule has 2 heterocycles. The average Bonchev–Trinajstić information content (AvgIpc) is 2.80. The quantitative estimate of drug-likeness (QED) is 0.882. The molecule has 0 bridgehead atoms. The molecule has 4 heteroatoms. The lowest BCUT2D eigenvalue weighted by Crippen LogP contribution is -2.32. The zero-order valence-corrected chi connectivity index (χ0v) is 11.4. The first-order valence-corrected chi connectivity index (χ1v) is 7.09. The van der Waals surface area contributed by atoms with Crippen LogP contribution in [0.1, 0.15) is 24.3 Å². The molecule has 2 saturated heterocycles. The second-order valence-electron chi connectivity index (χ2n) is 5.46. The Morgan fingerprint density at radius 1 is 1.26 bits per heavy atom. The number of hydrogen-bond acceptors (Lipinski definition) is 2. The minimum atomic E-state index is 0.121. The summed E-state index contributed by atoms with van der Waals surface area (Å²) in [5.41, 5.74) is 2.42. The molecule has 1 N–H and O–H groups in total. The Labute approximate surface area is 114 Å². The van der Waals surface area contributed by atoms with Gasteiger partial charge in [-0.25, -0.2) is 4.79 Å². The molecule has 1 aromatic rings. The highest BCUT2D eigenvalue weighted by molar-refractivity contribution is 5.94. The van der Waals surface area contributed by atoms with Crippen LogP contribution in [0.15, 0.2) is 24.3 Å². The van der Waals surface area contributed by atoms with Gasteiger partial charge in [0.1, 0.15) is 0 Å². The summed E-state index contributed by atoms with van der Waals surface area (Å²) in [5, 5.41) is 3.46. The van der Waals surface area contributed by atoms with Crippen molar-refractivity contribution in [1.29, 1.82) is 0 Å². The normalized spacial score (nSPS) is 24.1. The number of piperidine rings is 1.